The van der Waals surface area contributed by atoms with E-state index < -0.39 is 5.41 Å². The van der Waals surface area contributed by atoms with E-state index in [0.29, 0.717) is 13.0 Å². The summed E-state index contributed by atoms with van der Waals surface area (Å²) in [6, 6.07) is 0. The fourth-order valence-corrected chi connectivity index (χ4v) is 3.02. The number of hydrogen-bond donors (Lipinski definition) is 1. The van der Waals surface area contributed by atoms with Crippen molar-refractivity contribution < 1.29 is 9.59 Å². The Hall–Kier alpha value is -1.32. The van der Waals surface area contributed by atoms with E-state index in [1.165, 1.54) is 12.8 Å². The molecule has 1 N–H and O–H groups in total. The average Bonchev–Trinajstić information content (AvgIpc) is 2.69. The smallest absolute Gasteiger partial charge is 0.232 e. The number of amides is 2. The molecule has 0 aromatic rings. The van der Waals surface area contributed by atoms with Crippen LogP contribution in [0.2, 0.25) is 0 Å². The van der Waals surface area contributed by atoms with Crippen LogP contribution in [0.1, 0.15) is 51.9 Å². The summed E-state index contributed by atoms with van der Waals surface area (Å²) >= 11 is 0. The highest BCUT2D eigenvalue weighted by Crippen LogP contribution is 2.39. The van der Waals surface area contributed by atoms with Crippen molar-refractivity contribution in [1.29, 1.82) is 0 Å². The van der Waals surface area contributed by atoms with Crippen LogP contribution in [-0.4, -0.2) is 29.8 Å². The average molecular weight is 264 g/mol. The second-order valence-corrected chi connectivity index (χ2v) is 5.89. The summed E-state index contributed by atoms with van der Waals surface area (Å²) in [5.41, 5.74) is 0.299. The van der Waals surface area contributed by atoms with Gasteiger partial charge in [0.15, 0.2) is 0 Å². The molecule has 2 aliphatic heterocycles. The molecule has 2 saturated heterocycles. The highest BCUT2D eigenvalue weighted by molar-refractivity contribution is 5.93. The highest BCUT2D eigenvalue weighted by atomic mass is 16.2. The van der Waals surface area contributed by atoms with Crippen LogP contribution < -0.4 is 5.32 Å². The van der Waals surface area contributed by atoms with Gasteiger partial charge in [-0.25, -0.2) is 0 Å². The Kier molecular flexibility index (Phi) is 4.27. The van der Waals surface area contributed by atoms with Crippen molar-refractivity contribution >= 4 is 11.8 Å². The third-order valence-corrected chi connectivity index (χ3v) is 4.29. The van der Waals surface area contributed by atoms with Crippen LogP contribution in [0.3, 0.4) is 0 Å². The number of allylic oxidation sites excluding steroid dienone is 1. The third-order valence-electron chi connectivity index (χ3n) is 4.29. The molecule has 4 nitrogen and oxygen atoms in total. The maximum absolute atomic E-state index is 12.1. The van der Waals surface area contributed by atoms with E-state index in [2.05, 4.69) is 18.8 Å². The number of hydrogen-bond acceptors (Lipinski definition) is 2. The van der Waals surface area contributed by atoms with Crippen LogP contribution >= 0.6 is 0 Å². The molecule has 1 unspecified atom stereocenters. The normalized spacial score (nSPS) is 27.2. The molecule has 106 valence electrons. The summed E-state index contributed by atoms with van der Waals surface area (Å²) in [6.45, 7) is 7.37. The van der Waals surface area contributed by atoms with Crippen LogP contribution in [0.15, 0.2) is 12.3 Å². The second-order valence-electron chi connectivity index (χ2n) is 5.89. The van der Waals surface area contributed by atoms with Crippen LogP contribution in [0, 0.1) is 5.41 Å². The molecular weight excluding hydrogens is 240 g/mol. The summed E-state index contributed by atoms with van der Waals surface area (Å²) in [5, 5.41) is 2.82. The van der Waals surface area contributed by atoms with Gasteiger partial charge >= 0.3 is 0 Å². The Bertz CT molecular complexity index is 392. The predicted molar refractivity (Wildman–Crippen MR) is 74.3 cm³/mol. The fourth-order valence-electron chi connectivity index (χ4n) is 3.02. The van der Waals surface area contributed by atoms with Gasteiger partial charge in [0.1, 0.15) is 0 Å². The number of rotatable bonds is 5. The first-order chi connectivity index (χ1) is 9.07. The minimum Gasteiger partial charge on any atom is -0.342 e. The number of nitrogens with one attached hydrogen (secondary N) is 1. The lowest BCUT2D eigenvalue weighted by atomic mass is 9.78. The lowest BCUT2D eigenvalue weighted by Gasteiger charge is -2.32. The van der Waals surface area contributed by atoms with E-state index in [0.717, 1.165) is 37.9 Å². The van der Waals surface area contributed by atoms with E-state index in [1.54, 1.807) is 0 Å². The standard InChI is InChI=1S/C15H24N2O2/c1-3-4-5-6-9-17-11-15(10-13(17)18)8-7-12(2)16-14(15)19/h2-11H2,1H3,(H,16,19). The molecule has 0 radical (unpaired) electrons. The largest absolute Gasteiger partial charge is 0.342 e. The van der Waals surface area contributed by atoms with Crippen LogP contribution in [0.25, 0.3) is 0 Å². The minimum atomic E-state index is -0.483. The summed E-state index contributed by atoms with van der Waals surface area (Å²) in [4.78, 5) is 26.1. The van der Waals surface area contributed by atoms with Crippen LogP contribution in [0.4, 0.5) is 0 Å². The molecule has 19 heavy (non-hydrogen) atoms. The van der Waals surface area contributed by atoms with Crippen molar-refractivity contribution in [1.82, 2.24) is 10.2 Å². The highest BCUT2D eigenvalue weighted by Gasteiger charge is 2.49. The monoisotopic (exact) mass is 264 g/mol. The van der Waals surface area contributed by atoms with Crippen molar-refractivity contribution in [2.45, 2.75) is 51.9 Å². The number of nitrogens with zero attached hydrogens (tertiary/aromatic N) is 1. The van der Waals surface area contributed by atoms with Crippen molar-refractivity contribution in [3.8, 4) is 0 Å². The number of likely N-dealkylation sites (tertiary alicyclic amines) is 1. The van der Waals surface area contributed by atoms with Crippen molar-refractivity contribution in [2.24, 2.45) is 5.41 Å². The molecule has 0 aromatic carbocycles. The van der Waals surface area contributed by atoms with Gasteiger partial charge in [-0.15, -0.1) is 0 Å². The van der Waals surface area contributed by atoms with Gasteiger partial charge in [-0.1, -0.05) is 32.8 Å². The van der Waals surface area contributed by atoms with Gasteiger partial charge < -0.3 is 10.2 Å². The Labute approximate surface area is 115 Å². The van der Waals surface area contributed by atoms with Crippen molar-refractivity contribution in [3.63, 3.8) is 0 Å². The quantitative estimate of drug-likeness (QED) is 0.774. The zero-order chi connectivity index (χ0) is 13.9. The van der Waals surface area contributed by atoms with Gasteiger partial charge in [0.05, 0.1) is 5.41 Å². The molecule has 2 amide bonds. The molecule has 2 rings (SSSR count). The van der Waals surface area contributed by atoms with E-state index in [4.69, 9.17) is 0 Å². The Balaban J connectivity index is 1.91. The minimum absolute atomic E-state index is 0.00634. The molecule has 2 fully saturated rings. The number of carbonyl (C=O) groups excluding carboxylic acids is 2. The van der Waals surface area contributed by atoms with Gasteiger partial charge in [-0.3, -0.25) is 9.59 Å². The molecular formula is C15H24N2O2. The molecule has 2 heterocycles. The van der Waals surface area contributed by atoms with Gasteiger partial charge in [0.25, 0.3) is 0 Å². The number of carbonyl (C=O) groups is 2. The topological polar surface area (TPSA) is 49.4 Å². The van der Waals surface area contributed by atoms with Crippen LogP contribution in [0.5, 0.6) is 0 Å². The molecule has 1 atom stereocenters. The molecule has 1 spiro atoms. The first-order valence-electron chi connectivity index (χ1n) is 7.34. The van der Waals surface area contributed by atoms with Crippen LogP contribution in [-0.2, 0) is 9.59 Å². The molecule has 0 saturated carbocycles. The summed E-state index contributed by atoms with van der Waals surface area (Å²) in [7, 11) is 0. The second kappa shape index (κ2) is 5.76. The maximum Gasteiger partial charge on any atom is 0.232 e. The lowest BCUT2D eigenvalue weighted by Crippen LogP contribution is -2.46. The van der Waals surface area contributed by atoms with Gasteiger partial charge in [-0.05, 0) is 19.3 Å². The van der Waals surface area contributed by atoms with E-state index in [-0.39, 0.29) is 11.8 Å². The molecule has 0 bridgehead atoms. The zero-order valence-corrected chi connectivity index (χ0v) is 11.8. The first-order valence-corrected chi connectivity index (χ1v) is 7.34. The third kappa shape index (κ3) is 2.99. The Morgan fingerprint density at radius 1 is 1.32 bits per heavy atom. The number of unbranched alkanes of at least 4 members (excludes halogenated alkanes) is 3. The van der Waals surface area contributed by atoms with E-state index in [9.17, 15) is 9.59 Å². The SMILES string of the molecule is C=C1CCC2(CC(=O)N(CCCCCC)C2)C(=O)N1. The van der Waals surface area contributed by atoms with Crippen molar-refractivity contribution in [3.05, 3.63) is 12.3 Å². The molecule has 4 heteroatoms. The van der Waals surface area contributed by atoms with E-state index in [1.807, 2.05) is 4.90 Å². The summed E-state index contributed by atoms with van der Waals surface area (Å²) < 4.78 is 0. The Morgan fingerprint density at radius 3 is 2.79 bits per heavy atom. The maximum atomic E-state index is 12.1. The zero-order valence-electron chi connectivity index (χ0n) is 11.8. The molecule has 0 aliphatic carbocycles. The van der Waals surface area contributed by atoms with Gasteiger partial charge in [-0.2, -0.15) is 0 Å². The Morgan fingerprint density at radius 2 is 2.11 bits per heavy atom. The summed E-state index contributed by atoms with van der Waals surface area (Å²) in [6.07, 6.45) is 6.55. The van der Waals surface area contributed by atoms with Gasteiger partial charge in [0, 0.05) is 25.2 Å². The van der Waals surface area contributed by atoms with E-state index >= 15 is 0 Å². The lowest BCUT2D eigenvalue weighted by molar-refractivity contribution is -0.133. The fraction of sp³-hybridized carbons (Fsp3) is 0.733. The summed E-state index contributed by atoms with van der Waals surface area (Å²) in [5.74, 6) is 0.132. The molecule has 2 aliphatic rings. The molecule has 0 aromatic heterocycles. The number of piperidine rings is 1. The first kappa shape index (κ1) is 14.1. The van der Waals surface area contributed by atoms with Crippen molar-refractivity contribution in [2.75, 3.05) is 13.1 Å². The van der Waals surface area contributed by atoms with Gasteiger partial charge in [0.2, 0.25) is 11.8 Å². The predicted octanol–water partition coefficient (Wildman–Crippen LogP) is 2.21.